The van der Waals surface area contributed by atoms with Gasteiger partial charge in [0.05, 0.1) is 12.7 Å². The van der Waals surface area contributed by atoms with E-state index in [0.717, 1.165) is 26.2 Å². The van der Waals surface area contributed by atoms with Gasteiger partial charge in [0.2, 0.25) is 0 Å². The van der Waals surface area contributed by atoms with Crippen LogP contribution >= 0.6 is 0 Å². The Labute approximate surface area is 101 Å². The largest absolute Gasteiger partial charge is 0.376 e. The first-order valence-electron chi connectivity index (χ1n) is 6.53. The topological polar surface area (TPSA) is 24.5 Å². The molecule has 1 aliphatic rings. The van der Waals surface area contributed by atoms with Gasteiger partial charge in [-0.1, -0.05) is 6.92 Å². The minimum Gasteiger partial charge on any atom is -0.376 e. The van der Waals surface area contributed by atoms with Crippen molar-refractivity contribution in [3.8, 4) is 0 Å². The second-order valence-corrected chi connectivity index (χ2v) is 5.88. The lowest BCUT2D eigenvalue weighted by Crippen LogP contribution is -2.51. The van der Waals surface area contributed by atoms with Crippen molar-refractivity contribution in [2.45, 2.75) is 58.7 Å². The van der Waals surface area contributed by atoms with E-state index < -0.39 is 0 Å². The number of hydrogen-bond acceptors (Lipinski definition) is 3. The summed E-state index contributed by atoms with van der Waals surface area (Å²) in [6, 6.07) is 0.609. The summed E-state index contributed by atoms with van der Waals surface area (Å²) in [5.41, 5.74) is 0.222. The Hall–Kier alpha value is -0.120. The monoisotopic (exact) mass is 228 g/mol. The molecule has 0 saturated carbocycles. The smallest absolute Gasteiger partial charge is 0.0674 e. The van der Waals surface area contributed by atoms with E-state index in [9.17, 15) is 0 Å². The van der Waals surface area contributed by atoms with Gasteiger partial charge in [-0.3, -0.25) is 4.90 Å². The quantitative estimate of drug-likeness (QED) is 0.795. The summed E-state index contributed by atoms with van der Waals surface area (Å²) in [4.78, 5) is 2.56. The highest BCUT2D eigenvalue weighted by Crippen LogP contribution is 2.13. The third-order valence-corrected chi connectivity index (χ3v) is 3.11. The molecule has 1 N–H and O–H groups in total. The van der Waals surface area contributed by atoms with E-state index in [2.05, 4.69) is 44.8 Å². The van der Waals surface area contributed by atoms with E-state index in [-0.39, 0.29) is 5.54 Å². The fraction of sp³-hybridized carbons (Fsp3) is 1.00. The highest BCUT2D eigenvalue weighted by Gasteiger charge is 2.25. The number of rotatable bonds is 4. The molecule has 1 heterocycles. The van der Waals surface area contributed by atoms with Crippen LogP contribution in [0.3, 0.4) is 0 Å². The molecule has 0 aromatic heterocycles. The Morgan fingerprint density at radius 3 is 2.62 bits per heavy atom. The third kappa shape index (κ3) is 4.81. The highest BCUT2D eigenvalue weighted by molar-refractivity contribution is 4.79. The molecule has 3 nitrogen and oxygen atoms in total. The predicted octanol–water partition coefficient (Wildman–Crippen LogP) is 1.87. The molecular weight excluding hydrogens is 200 g/mol. The van der Waals surface area contributed by atoms with Crippen LogP contribution in [-0.2, 0) is 4.74 Å². The Kier molecular flexibility index (Phi) is 5.22. The van der Waals surface area contributed by atoms with Crippen molar-refractivity contribution < 1.29 is 4.74 Å². The summed E-state index contributed by atoms with van der Waals surface area (Å²) in [6.45, 7) is 15.2. The summed E-state index contributed by atoms with van der Waals surface area (Å²) < 4.78 is 5.70. The average Bonchev–Trinajstić information content (AvgIpc) is 2.16. The van der Waals surface area contributed by atoms with Gasteiger partial charge < -0.3 is 10.1 Å². The molecule has 0 bridgehead atoms. The highest BCUT2D eigenvalue weighted by atomic mass is 16.5. The van der Waals surface area contributed by atoms with Gasteiger partial charge in [0.15, 0.2) is 0 Å². The summed E-state index contributed by atoms with van der Waals surface area (Å²) in [5, 5.41) is 3.55. The summed E-state index contributed by atoms with van der Waals surface area (Å²) in [6.07, 6.45) is 1.57. The summed E-state index contributed by atoms with van der Waals surface area (Å²) >= 11 is 0. The first kappa shape index (κ1) is 13.9. The zero-order chi connectivity index (χ0) is 12.2. The minimum atomic E-state index is 0.222. The van der Waals surface area contributed by atoms with E-state index in [0.29, 0.717) is 12.1 Å². The van der Waals surface area contributed by atoms with Crippen LogP contribution in [0, 0.1) is 0 Å². The van der Waals surface area contributed by atoms with Crippen LogP contribution in [0.2, 0.25) is 0 Å². The lowest BCUT2D eigenvalue weighted by Gasteiger charge is -2.38. The first-order chi connectivity index (χ1) is 7.42. The van der Waals surface area contributed by atoms with Gasteiger partial charge in [-0.2, -0.15) is 0 Å². The van der Waals surface area contributed by atoms with Crippen LogP contribution in [0.1, 0.15) is 41.0 Å². The van der Waals surface area contributed by atoms with Crippen molar-refractivity contribution >= 4 is 0 Å². The average molecular weight is 228 g/mol. The van der Waals surface area contributed by atoms with Gasteiger partial charge >= 0.3 is 0 Å². The molecule has 16 heavy (non-hydrogen) atoms. The molecule has 0 aromatic carbocycles. The minimum absolute atomic E-state index is 0.222. The number of nitrogens with one attached hydrogen (secondary N) is 1. The van der Waals surface area contributed by atoms with Crippen molar-refractivity contribution in [1.29, 1.82) is 0 Å². The van der Waals surface area contributed by atoms with E-state index in [4.69, 9.17) is 4.74 Å². The summed E-state index contributed by atoms with van der Waals surface area (Å²) in [7, 11) is 0. The van der Waals surface area contributed by atoms with Crippen LogP contribution in [0.5, 0.6) is 0 Å². The van der Waals surface area contributed by atoms with Crippen LogP contribution in [-0.4, -0.2) is 48.8 Å². The summed E-state index contributed by atoms with van der Waals surface area (Å²) in [5.74, 6) is 0. The van der Waals surface area contributed by atoms with E-state index >= 15 is 0 Å². The van der Waals surface area contributed by atoms with Gasteiger partial charge in [0, 0.05) is 31.2 Å². The van der Waals surface area contributed by atoms with E-state index in [1.165, 1.54) is 6.42 Å². The molecule has 1 aliphatic heterocycles. The molecule has 0 aliphatic carbocycles. The van der Waals surface area contributed by atoms with Crippen molar-refractivity contribution in [3.63, 3.8) is 0 Å². The van der Waals surface area contributed by atoms with E-state index in [1.807, 2.05) is 0 Å². The molecule has 96 valence electrons. The molecule has 0 spiro atoms. The van der Waals surface area contributed by atoms with Crippen molar-refractivity contribution in [3.05, 3.63) is 0 Å². The van der Waals surface area contributed by atoms with Gasteiger partial charge in [0.25, 0.3) is 0 Å². The van der Waals surface area contributed by atoms with Crippen LogP contribution in [0.15, 0.2) is 0 Å². The molecule has 2 atom stereocenters. The lowest BCUT2D eigenvalue weighted by atomic mass is 10.1. The Bertz CT molecular complexity index is 201. The second-order valence-electron chi connectivity index (χ2n) is 5.88. The fourth-order valence-electron chi connectivity index (χ4n) is 2.14. The van der Waals surface area contributed by atoms with Crippen molar-refractivity contribution in [1.82, 2.24) is 10.2 Å². The molecule has 0 amide bonds. The molecule has 2 unspecified atom stereocenters. The maximum absolute atomic E-state index is 5.70. The molecule has 1 saturated heterocycles. The third-order valence-electron chi connectivity index (χ3n) is 3.11. The molecular formula is C13H28N2O. The lowest BCUT2D eigenvalue weighted by molar-refractivity contribution is -0.0554. The van der Waals surface area contributed by atoms with E-state index in [1.54, 1.807) is 0 Å². The molecule has 3 heteroatoms. The molecule has 0 radical (unpaired) electrons. The number of nitrogens with zero attached hydrogens (tertiary/aromatic N) is 1. The number of morpholine rings is 1. The van der Waals surface area contributed by atoms with Crippen molar-refractivity contribution in [2.24, 2.45) is 0 Å². The van der Waals surface area contributed by atoms with Gasteiger partial charge in [-0.25, -0.2) is 0 Å². The Morgan fingerprint density at radius 2 is 2.06 bits per heavy atom. The Morgan fingerprint density at radius 1 is 1.38 bits per heavy atom. The standard InChI is InChI=1S/C13H28N2O/c1-6-12-10-16-11(2)9-15(12)8-7-14-13(3,4)5/h11-12,14H,6-10H2,1-5H3. The number of hydrogen-bond donors (Lipinski definition) is 1. The maximum atomic E-state index is 5.70. The Balaban J connectivity index is 2.32. The fourth-order valence-corrected chi connectivity index (χ4v) is 2.14. The molecule has 1 fully saturated rings. The zero-order valence-corrected chi connectivity index (χ0v) is 11.5. The van der Waals surface area contributed by atoms with Crippen LogP contribution in [0.4, 0.5) is 0 Å². The van der Waals surface area contributed by atoms with Gasteiger partial charge in [-0.05, 0) is 34.1 Å². The van der Waals surface area contributed by atoms with Gasteiger partial charge in [0.1, 0.15) is 0 Å². The maximum Gasteiger partial charge on any atom is 0.0674 e. The first-order valence-corrected chi connectivity index (χ1v) is 6.53. The molecule has 1 rings (SSSR count). The zero-order valence-electron chi connectivity index (χ0n) is 11.5. The second kappa shape index (κ2) is 5.99. The SMILES string of the molecule is CCC1COC(C)CN1CCNC(C)(C)C. The predicted molar refractivity (Wildman–Crippen MR) is 68.8 cm³/mol. The van der Waals surface area contributed by atoms with Gasteiger partial charge in [-0.15, -0.1) is 0 Å². The normalized spacial score (nSPS) is 28.3. The number of ether oxygens (including phenoxy) is 1. The van der Waals surface area contributed by atoms with Crippen LogP contribution in [0.25, 0.3) is 0 Å². The van der Waals surface area contributed by atoms with Crippen molar-refractivity contribution in [2.75, 3.05) is 26.2 Å². The molecule has 0 aromatic rings. The van der Waals surface area contributed by atoms with Crippen LogP contribution < -0.4 is 5.32 Å².